The summed E-state index contributed by atoms with van der Waals surface area (Å²) in [5, 5.41) is 0.845. The van der Waals surface area contributed by atoms with Crippen molar-refractivity contribution in [3.63, 3.8) is 0 Å². The number of rotatable bonds is 1. The third-order valence-electron chi connectivity index (χ3n) is 5.16. The largest absolute Gasteiger partial charge is 0.371 e. The molecule has 1 aromatic rings. The van der Waals surface area contributed by atoms with Crippen LogP contribution in [0.25, 0.3) is 0 Å². The van der Waals surface area contributed by atoms with Crippen molar-refractivity contribution < 1.29 is 0 Å². The summed E-state index contributed by atoms with van der Waals surface area (Å²) in [5.74, 6) is 3.51. The molecule has 2 aliphatic carbocycles. The Hall–Kier alpha value is -0.950. The molecule has 2 heteroatoms. The van der Waals surface area contributed by atoms with E-state index in [-0.39, 0.29) is 0 Å². The van der Waals surface area contributed by atoms with Crippen LogP contribution in [0, 0.1) is 30.6 Å². The summed E-state index contributed by atoms with van der Waals surface area (Å²) < 4.78 is 0. The Labute approximate surface area is 113 Å². The van der Waals surface area contributed by atoms with Crippen LogP contribution in [-0.4, -0.2) is 13.1 Å². The van der Waals surface area contributed by atoms with E-state index >= 15 is 0 Å². The number of aryl methyl sites for hydroxylation is 1. The smallest absolute Gasteiger partial charge is 0.0410 e. The molecular formula is C16H18ClN. The Balaban J connectivity index is 1.62. The topological polar surface area (TPSA) is 3.24 Å². The summed E-state index contributed by atoms with van der Waals surface area (Å²) in [4.78, 5) is 2.58. The highest BCUT2D eigenvalue weighted by molar-refractivity contribution is 6.30. The highest BCUT2D eigenvalue weighted by atomic mass is 35.5. The van der Waals surface area contributed by atoms with Crippen LogP contribution in [0.4, 0.5) is 5.69 Å². The zero-order valence-corrected chi connectivity index (χ0v) is 11.4. The van der Waals surface area contributed by atoms with Crippen LogP contribution in [-0.2, 0) is 0 Å². The molecule has 0 radical (unpaired) electrons. The second-order valence-electron chi connectivity index (χ2n) is 6.11. The number of hydrogen-bond acceptors (Lipinski definition) is 1. The summed E-state index contributed by atoms with van der Waals surface area (Å²) in [6.07, 6.45) is 6.34. The van der Waals surface area contributed by atoms with Gasteiger partial charge in [-0.1, -0.05) is 23.8 Å². The minimum Gasteiger partial charge on any atom is -0.371 e. The molecule has 1 saturated heterocycles. The third kappa shape index (κ3) is 1.46. The van der Waals surface area contributed by atoms with Gasteiger partial charge in [0.05, 0.1) is 0 Å². The molecule has 4 atom stereocenters. The van der Waals surface area contributed by atoms with E-state index in [1.54, 1.807) is 0 Å². The van der Waals surface area contributed by atoms with Crippen LogP contribution >= 0.6 is 11.6 Å². The van der Waals surface area contributed by atoms with Crippen molar-refractivity contribution in [1.82, 2.24) is 0 Å². The molecule has 0 aromatic heterocycles. The van der Waals surface area contributed by atoms with Gasteiger partial charge in [0.15, 0.2) is 0 Å². The van der Waals surface area contributed by atoms with Gasteiger partial charge in [0, 0.05) is 23.8 Å². The molecular weight excluding hydrogens is 242 g/mol. The molecule has 2 fully saturated rings. The van der Waals surface area contributed by atoms with Gasteiger partial charge in [-0.15, -0.1) is 0 Å². The first-order valence-electron chi connectivity index (χ1n) is 6.92. The van der Waals surface area contributed by atoms with Crippen LogP contribution in [0.1, 0.15) is 12.0 Å². The lowest BCUT2D eigenvalue weighted by atomic mass is 9.86. The van der Waals surface area contributed by atoms with Crippen molar-refractivity contribution in [3.05, 3.63) is 40.9 Å². The Bertz CT molecular complexity index is 502. The molecule has 0 N–H and O–H groups in total. The fraction of sp³-hybridized carbons (Fsp3) is 0.500. The number of fused-ring (bicyclic) bond motifs is 5. The highest BCUT2D eigenvalue weighted by Crippen LogP contribution is 2.52. The summed E-state index contributed by atoms with van der Waals surface area (Å²) in [6.45, 7) is 4.64. The average molecular weight is 260 g/mol. The first-order valence-corrected chi connectivity index (χ1v) is 7.29. The molecule has 1 heterocycles. The molecule has 3 aliphatic rings. The van der Waals surface area contributed by atoms with Crippen molar-refractivity contribution >= 4 is 17.3 Å². The maximum absolute atomic E-state index is 6.05. The van der Waals surface area contributed by atoms with E-state index in [1.165, 1.54) is 30.8 Å². The SMILES string of the molecule is Cc1cc(Cl)ccc1N1CC2C3C=CC(C3)C2C1. The minimum absolute atomic E-state index is 0.845. The first-order chi connectivity index (χ1) is 8.72. The fourth-order valence-electron chi connectivity index (χ4n) is 4.32. The molecule has 4 rings (SSSR count). The maximum Gasteiger partial charge on any atom is 0.0410 e. The number of anilines is 1. The van der Waals surface area contributed by atoms with E-state index in [0.29, 0.717) is 0 Å². The second kappa shape index (κ2) is 3.77. The third-order valence-corrected chi connectivity index (χ3v) is 5.40. The zero-order valence-electron chi connectivity index (χ0n) is 10.6. The van der Waals surface area contributed by atoms with E-state index in [2.05, 4.69) is 36.1 Å². The minimum atomic E-state index is 0.845. The maximum atomic E-state index is 6.05. The van der Waals surface area contributed by atoms with E-state index < -0.39 is 0 Å². The molecule has 94 valence electrons. The molecule has 2 bridgehead atoms. The van der Waals surface area contributed by atoms with Crippen molar-refractivity contribution in [2.75, 3.05) is 18.0 Å². The van der Waals surface area contributed by atoms with E-state index in [4.69, 9.17) is 11.6 Å². The van der Waals surface area contributed by atoms with Gasteiger partial charge in [0.25, 0.3) is 0 Å². The first kappa shape index (κ1) is 10.9. The molecule has 18 heavy (non-hydrogen) atoms. The van der Waals surface area contributed by atoms with Gasteiger partial charge in [-0.3, -0.25) is 0 Å². The Morgan fingerprint density at radius 2 is 1.78 bits per heavy atom. The summed E-state index contributed by atoms with van der Waals surface area (Å²) in [6, 6.07) is 6.29. The monoisotopic (exact) mass is 259 g/mol. The van der Waals surface area contributed by atoms with Crippen LogP contribution < -0.4 is 4.90 Å². The van der Waals surface area contributed by atoms with E-state index in [1.807, 2.05) is 6.07 Å². The van der Waals surface area contributed by atoms with Crippen LogP contribution in [0.15, 0.2) is 30.4 Å². The van der Waals surface area contributed by atoms with Crippen molar-refractivity contribution in [3.8, 4) is 0 Å². The summed E-state index contributed by atoms with van der Waals surface area (Å²) >= 11 is 6.05. The van der Waals surface area contributed by atoms with Gasteiger partial charge in [-0.25, -0.2) is 0 Å². The number of benzene rings is 1. The predicted molar refractivity (Wildman–Crippen MR) is 76.1 cm³/mol. The summed E-state index contributed by atoms with van der Waals surface area (Å²) in [5.41, 5.74) is 2.69. The van der Waals surface area contributed by atoms with Crippen molar-refractivity contribution in [2.24, 2.45) is 23.7 Å². The second-order valence-corrected chi connectivity index (χ2v) is 6.55. The lowest BCUT2D eigenvalue weighted by Crippen LogP contribution is -2.23. The Morgan fingerprint density at radius 3 is 2.39 bits per heavy atom. The quantitative estimate of drug-likeness (QED) is 0.692. The normalized spacial score (nSPS) is 36.4. The van der Waals surface area contributed by atoms with Gasteiger partial charge in [0.2, 0.25) is 0 Å². The number of nitrogens with zero attached hydrogens (tertiary/aromatic N) is 1. The van der Waals surface area contributed by atoms with E-state index in [9.17, 15) is 0 Å². The lowest BCUT2D eigenvalue weighted by Gasteiger charge is -2.23. The molecule has 1 aromatic carbocycles. The zero-order chi connectivity index (χ0) is 12.3. The summed E-state index contributed by atoms with van der Waals surface area (Å²) in [7, 11) is 0. The number of allylic oxidation sites excluding steroid dienone is 2. The van der Waals surface area contributed by atoms with Gasteiger partial charge in [0.1, 0.15) is 0 Å². The fourth-order valence-corrected chi connectivity index (χ4v) is 4.55. The molecule has 1 aliphatic heterocycles. The molecule has 4 unspecified atom stereocenters. The lowest BCUT2D eigenvalue weighted by molar-refractivity contribution is 0.395. The number of hydrogen-bond donors (Lipinski definition) is 0. The predicted octanol–water partition coefficient (Wildman–Crippen LogP) is 3.91. The molecule has 0 spiro atoms. The molecule has 1 nitrogen and oxygen atoms in total. The van der Waals surface area contributed by atoms with Gasteiger partial charge < -0.3 is 4.90 Å². The average Bonchev–Trinajstić information content (AvgIpc) is 3.00. The number of halogens is 1. The standard InChI is InChI=1S/C16H18ClN/c1-10-6-13(17)4-5-16(10)18-8-14-11-2-3-12(7-11)15(14)9-18/h2-6,11-12,14-15H,7-9H2,1H3. The molecule has 0 amide bonds. The van der Waals surface area contributed by atoms with Crippen LogP contribution in [0.2, 0.25) is 5.02 Å². The van der Waals surface area contributed by atoms with Crippen molar-refractivity contribution in [1.29, 1.82) is 0 Å². The van der Waals surface area contributed by atoms with Gasteiger partial charge in [-0.2, -0.15) is 0 Å². The molecule has 1 saturated carbocycles. The van der Waals surface area contributed by atoms with Crippen molar-refractivity contribution in [2.45, 2.75) is 13.3 Å². The van der Waals surface area contributed by atoms with Gasteiger partial charge >= 0.3 is 0 Å². The Morgan fingerprint density at radius 1 is 1.11 bits per heavy atom. The Kier molecular flexibility index (Phi) is 2.29. The van der Waals surface area contributed by atoms with E-state index in [0.717, 1.165) is 28.7 Å². The van der Waals surface area contributed by atoms with Crippen LogP contribution in [0.5, 0.6) is 0 Å². The van der Waals surface area contributed by atoms with Crippen LogP contribution in [0.3, 0.4) is 0 Å². The van der Waals surface area contributed by atoms with Gasteiger partial charge in [-0.05, 0) is 60.8 Å². The highest BCUT2D eigenvalue weighted by Gasteiger charge is 2.49.